The minimum Gasteiger partial charge on any atom is -0.449 e. The molecule has 29 heavy (non-hydrogen) atoms. The molecule has 0 aliphatic carbocycles. The molecule has 1 N–H and O–H groups in total. The highest BCUT2D eigenvalue weighted by Crippen LogP contribution is 2.23. The predicted molar refractivity (Wildman–Crippen MR) is 104 cm³/mol. The van der Waals surface area contributed by atoms with Crippen LogP contribution >= 0.6 is 0 Å². The number of nitrogens with zero attached hydrogens (tertiary/aromatic N) is 2. The first-order chi connectivity index (χ1) is 13.9. The fourth-order valence-corrected chi connectivity index (χ4v) is 3.30. The van der Waals surface area contributed by atoms with Crippen molar-refractivity contribution < 1.29 is 22.4 Å². The second kappa shape index (κ2) is 8.68. The summed E-state index contributed by atoms with van der Waals surface area (Å²) in [5, 5.41) is 7.87. The molecule has 0 saturated heterocycles. The number of benzene rings is 2. The summed E-state index contributed by atoms with van der Waals surface area (Å²) in [6.45, 7) is 1.47. The molecule has 9 heteroatoms. The van der Waals surface area contributed by atoms with Gasteiger partial charge in [0.15, 0.2) is 6.10 Å². The maximum Gasteiger partial charge on any atom is 0.338 e. The van der Waals surface area contributed by atoms with E-state index in [2.05, 4.69) is 20.8 Å². The van der Waals surface area contributed by atoms with Crippen LogP contribution < -0.4 is 4.72 Å². The Morgan fingerprint density at radius 3 is 2.52 bits per heavy atom. The molecule has 0 unspecified atom stereocenters. The number of hydrogen-bond donors (Lipinski definition) is 1. The van der Waals surface area contributed by atoms with E-state index in [1.165, 1.54) is 24.3 Å². The van der Waals surface area contributed by atoms with Gasteiger partial charge in [0, 0.05) is 5.56 Å². The molecule has 1 heterocycles. The Morgan fingerprint density at radius 1 is 1.17 bits per heavy atom. The van der Waals surface area contributed by atoms with Crippen LogP contribution in [0.15, 0.2) is 63.9 Å². The summed E-state index contributed by atoms with van der Waals surface area (Å²) < 4.78 is 37.1. The summed E-state index contributed by atoms with van der Waals surface area (Å²) in [7, 11) is -3.73. The molecule has 3 rings (SSSR count). The molecule has 0 aliphatic heterocycles. The first-order valence-corrected chi connectivity index (χ1v) is 10.0. The summed E-state index contributed by atoms with van der Waals surface area (Å²) in [6, 6.07) is 14.5. The SMILES string of the molecule is C#CCNS(=O)(=O)c1ccc(C(=O)O[C@@H](C)c2nnc(-c3ccccc3)o2)cc1. The number of carbonyl (C=O) groups excluding carboxylic acids is 1. The summed E-state index contributed by atoms with van der Waals surface area (Å²) in [6.07, 6.45) is 4.27. The summed E-state index contributed by atoms with van der Waals surface area (Å²) in [5.74, 6) is 2.00. The fourth-order valence-electron chi connectivity index (χ4n) is 2.37. The Kier molecular flexibility index (Phi) is 6.07. The van der Waals surface area contributed by atoms with Crippen LogP contribution in [0.4, 0.5) is 0 Å². The Hall–Kier alpha value is -3.48. The van der Waals surface area contributed by atoms with E-state index < -0.39 is 22.1 Å². The molecule has 0 bridgehead atoms. The van der Waals surface area contributed by atoms with Gasteiger partial charge in [-0.2, -0.15) is 4.72 Å². The third-order valence-electron chi connectivity index (χ3n) is 3.86. The van der Waals surface area contributed by atoms with Crippen molar-refractivity contribution >= 4 is 16.0 Å². The van der Waals surface area contributed by atoms with E-state index in [0.29, 0.717) is 5.89 Å². The summed E-state index contributed by atoms with van der Waals surface area (Å²) >= 11 is 0. The average molecular weight is 411 g/mol. The molecule has 3 aromatic rings. The lowest BCUT2D eigenvalue weighted by Crippen LogP contribution is -2.24. The summed E-state index contributed by atoms with van der Waals surface area (Å²) in [5.41, 5.74) is 0.926. The first kappa shape index (κ1) is 20.3. The van der Waals surface area contributed by atoms with E-state index in [1.54, 1.807) is 6.92 Å². The number of aromatic nitrogens is 2. The van der Waals surface area contributed by atoms with Crippen molar-refractivity contribution in [1.29, 1.82) is 0 Å². The highest BCUT2D eigenvalue weighted by atomic mass is 32.2. The molecule has 0 fully saturated rings. The van der Waals surface area contributed by atoms with Crippen molar-refractivity contribution in [2.75, 3.05) is 6.54 Å². The van der Waals surface area contributed by atoms with Gasteiger partial charge in [-0.15, -0.1) is 16.6 Å². The van der Waals surface area contributed by atoms with Crippen molar-refractivity contribution in [1.82, 2.24) is 14.9 Å². The van der Waals surface area contributed by atoms with Gasteiger partial charge in [-0.1, -0.05) is 24.1 Å². The Morgan fingerprint density at radius 2 is 1.86 bits per heavy atom. The number of hydrogen-bond acceptors (Lipinski definition) is 7. The quantitative estimate of drug-likeness (QED) is 0.470. The van der Waals surface area contributed by atoms with E-state index in [4.69, 9.17) is 15.6 Å². The molecule has 1 atom stereocenters. The van der Waals surface area contributed by atoms with Gasteiger partial charge in [0.2, 0.25) is 15.9 Å². The van der Waals surface area contributed by atoms with Crippen molar-refractivity contribution in [3.05, 3.63) is 66.1 Å². The van der Waals surface area contributed by atoms with E-state index in [0.717, 1.165) is 5.56 Å². The van der Waals surface area contributed by atoms with Crippen LogP contribution in [0, 0.1) is 12.3 Å². The Labute approximate surface area is 168 Å². The van der Waals surface area contributed by atoms with Crippen molar-refractivity contribution in [3.8, 4) is 23.8 Å². The minimum absolute atomic E-state index is 0.0123. The van der Waals surface area contributed by atoms with Crippen LogP contribution in [-0.2, 0) is 14.8 Å². The maximum atomic E-state index is 12.3. The zero-order valence-electron chi connectivity index (χ0n) is 15.4. The molecular weight excluding hydrogens is 394 g/mol. The number of esters is 1. The van der Waals surface area contributed by atoms with E-state index in [9.17, 15) is 13.2 Å². The molecular formula is C20H17N3O5S. The van der Waals surface area contributed by atoms with Crippen LogP contribution in [0.3, 0.4) is 0 Å². The van der Waals surface area contributed by atoms with Gasteiger partial charge in [0.1, 0.15) is 0 Å². The lowest BCUT2D eigenvalue weighted by Gasteiger charge is -2.10. The molecule has 8 nitrogen and oxygen atoms in total. The maximum absolute atomic E-state index is 12.3. The molecule has 0 radical (unpaired) electrons. The Bertz CT molecular complexity index is 1130. The third-order valence-corrected chi connectivity index (χ3v) is 5.27. The minimum atomic E-state index is -3.73. The van der Waals surface area contributed by atoms with Crippen LogP contribution in [0.2, 0.25) is 0 Å². The second-order valence-electron chi connectivity index (χ2n) is 5.91. The third kappa shape index (κ3) is 4.87. The van der Waals surface area contributed by atoms with Gasteiger partial charge >= 0.3 is 5.97 Å². The lowest BCUT2D eigenvalue weighted by atomic mass is 10.2. The van der Waals surface area contributed by atoms with Crippen LogP contribution in [0.25, 0.3) is 11.5 Å². The van der Waals surface area contributed by atoms with Crippen LogP contribution in [0.1, 0.15) is 29.3 Å². The van der Waals surface area contributed by atoms with E-state index in [-0.39, 0.29) is 22.9 Å². The number of terminal acetylenes is 1. The molecule has 148 valence electrons. The zero-order chi connectivity index (χ0) is 20.9. The standard InChI is InChI=1S/C20H17N3O5S/c1-3-13-21-29(25,26)17-11-9-16(10-12-17)20(24)27-14(2)18-22-23-19(28-18)15-7-5-4-6-8-15/h1,4-12,14,21H,13H2,2H3/t14-/m0/s1. The van der Waals surface area contributed by atoms with E-state index in [1.807, 2.05) is 30.3 Å². The van der Waals surface area contributed by atoms with E-state index >= 15 is 0 Å². The van der Waals surface area contributed by atoms with Gasteiger partial charge < -0.3 is 9.15 Å². The normalized spacial score (nSPS) is 12.1. The first-order valence-electron chi connectivity index (χ1n) is 8.53. The highest BCUT2D eigenvalue weighted by molar-refractivity contribution is 7.89. The number of rotatable bonds is 7. The molecule has 1 aromatic heterocycles. The van der Waals surface area contributed by atoms with Gasteiger partial charge in [-0.3, -0.25) is 0 Å². The van der Waals surface area contributed by atoms with Crippen molar-refractivity contribution in [2.45, 2.75) is 17.9 Å². The number of nitrogens with one attached hydrogen (secondary N) is 1. The van der Waals surface area contributed by atoms with Crippen molar-refractivity contribution in [2.24, 2.45) is 0 Å². The smallest absolute Gasteiger partial charge is 0.338 e. The molecule has 0 aliphatic rings. The number of sulfonamides is 1. The van der Waals surface area contributed by atoms with Crippen LogP contribution in [-0.4, -0.2) is 31.1 Å². The predicted octanol–water partition coefficient (Wildman–Crippen LogP) is 2.57. The monoisotopic (exact) mass is 411 g/mol. The molecule has 0 amide bonds. The van der Waals surface area contributed by atoms with Crippen molar-refractivity contribution in [3.63, 3.8) is 0 Å². The zero-order valence-corrected chi connectivity index (χ0v) is 16.2. The number of carbonyl (C=O) groups is 1. The Balaban J connectivity index is 1.67. The largest absolute Gasteiger partial charge is 0.449 e. The van der Waals surface area contributed by atoms with Gasteiger partial charge in [0.05, 0.1) is 17.0 Å². The molecule has 0 spiro atoms. The van der Waals surface area contributed by atoms with Gasteiger partial charge in [-0.25, -0.2) is 13.2 Å². The molecule has 2 aromatic carbocycles. The second-order valence-corrected chi connectivity index (χ2v) is 7.68. The van der Waals surface area contributed by atoms with Gasteiger partial charge in [0.25, 0.3) is 5.89 Å². The number of ether oxygens (including phenoxy) is 1. The van der Waals surface area contributed by atoms with Gasteiger partial charge in [-0.05, 0) is 43.3 Å². The topological polar surface area (TPSA) is 111 Å². The fraction of sp³-hybridized carbons (Fsp3) is 0.150. The lowest BCUT2D eigenvalue weighted by molar-refractivity contribution is 0.0279. The highest BCUT2D eigenvalue weighted by Gasteiger charge is 2.21. The average Bonchev–Trinajstić information content (AvgIpc) is 3.23. The summed E-state index contributed by atoms with van der Waals surface area (Å²) in [4.78, 5) is 12.3. The molecule has 0 saturated carbocycles. The van der Waals surface area contributed by atoms with Crippen LogP contribution in [0.5, 0.6) is 0 Å².